The first-order valence-corrected chi connectivity index (χ1v) is 8.67. The van der Waals surface area contributed by atoms with Crippen LogP contribution in [0.2, 0.25) is 0 Å². The molecule has 4 nitrogen and oxygen atoms in total. The summed E-state index contributed by atoms with van der Waals surface area (Å²) in [6.45, 7) is 10.4. The van der Waals surface area contributed by atoms with Crippen LogP contribution in [0.4, 0.5) is 0 Å². The maximum absolute atomic E-state index is 5.64. The minimum atomic E-state index is 0.524. The maximum atomic E-state index is 5.64. The summed E-state index contributed by atoms with van der Waals surface area (Å²) >= 11 is 0. The fourth-order valence-electron chi connectivity index (χ4n) is 2.26. The molecule has 0 unspecified atom stereocenters. The lowest BCUT2D eigenvalue weighted by atomic mass is 10.1. The second-order valence-corrected chi connectivity index (χ2v) is 5.47. The smallest absolute Gasteiger partial charge is 0.119 e. The summed E-state index contributed by atoms with van der Waals surface area (Å²) < 4.78 is 21.9. The van der Waals surface area contributed by atoms with Gasteiger partial charge in [0.25, 0.3) is 0 Å². The molecule has 0 fully saturated rings. The molecule has 2 aromatic rings. The van der Waals surface area contributed by atoms with Crippen LogP contribution in [-0.2, 0) is 9.47 Å². The zero-order valence-corrected chi connectivity index (χ0v) is 15.1. The lowest BCUT2D eigenvalue weighted by molar-refractivity contribution is 0.121. The first kappa shape index (κ1) is 19.8. The number of ether oxygens (including phenoxy) is 4. The van der Waals surface area contributed by atoms with E-state index in [1.165, 1.54) is 0 Å². The van der Waals surface area contributed by atoms with Gasteiger partial charge in [0.15, 0.2) is 0 Å². The highest BCUT2D eigenvalue weighted by Crippen LogP contribution is 2.24. The molecule has 0 N–H and O–H groups in total. The molecular weight excluding hydrogens is 328 g/mol. The fourth-order valence-corrected chi connectivity index (χ4v) is 2.26. The molecule has 4 heteroatoms. The Balaban J connectivity index is 1.79. The summed E-state index contributed by atoms with van der Waals surface area (Å²) in [6.07, 6.45) is 3.45. The number of hydrogen-bond acceptors (Lipinski definition) is 4. The average Bonchev–Trinajstić information content (AvgIpc) is 2.69. The van der Waals surface area contributed by atoms with E-state index < -0.39 is 0 Å². The average molecular weight is 354 g/mol. The van der Waals surface area contributed by atoms with E-state index in [9.17, 15) is 0 Å². The minimum Gasteiger partial charge on any atom is -0.491 e. The van der Waals surface area contributed by atoms with Gasteiger partial charge in [-0.1, -0.05) is 36.4 Å². The second kappa shape index (κ2) is 11.9. The summed E-state index contributed by atoms with van der Waals surface area (Å²) in [4.78, 5) is 0. The first-order valence-electron chi connectivity index (χ1n) is 8.67. The van der Waals surface area contributed by atoms with Crippen molar-refractivity contribution in [3.8, 4) is 22.6 Å². The molecule has 0 amide bonds. The van der Waals surface area contributed by atoms with Crippen LogP contribution in [-0.4, -0.2) is 39.6 Å². The van der Waals surface area contributed by atoms with Gasteiger partial charge in [-0.2, -0.15) is 0 Å². The van der Waals surface area contributed by atoms with Crippen molar-refractivity contribution in [2.45, 2.75) is 0 Å². The Kier molecular flexibility index (Phi) is 9.05. The summed E-state index contributed by atoms with van der Waals surface area (Å²) in [6, 6.07) is 16.0. The molecule has 26 heavy (non-hydrogen) atoms. The van der Waals surface area contributed by atoms with E-state index in [0.717, 1.165) is 22.6 Å². The third-order valence-corrected chi connectivity index (χ3v) is 3.51. The molecule has 0 heterocycles. The van der Waals surface area contributed by atoms with Crippen LogP contribution in [0.3, 0.4) is 0 Å². The molecule has 0 aliphatic carbocycles. The predicted octanol–water partition coefficient (Wildman–Crippen LogP) is 4.52. The molecule has 0 aromatic heterocycles. The van der Waals surface area contributed by atoms with E-state index in [2.05, 4.69) is 13.2 Å². The van der Waals surface area contributed by atoms with Crippen molar-refractivity contribution >= 4 is 0 Å². The van der Waals surface area contributed by atoms with E-state index >= 15 is 0 Å². The van der Waals surface area contributed by atoms with Gasteiger partial charge in [0.05, 0.1) is 26.4 Å². The van der Waals surface area contributed by atoms with Crippen LogP contribution in [0.1, 0.15) is 0 Å². The Morgan fingerprint density at radius 2 is 0.962 bits per heavy atom. The molecule has 0 saturated carbocycles. The van der Waals surface area contributed by atoms with Crippen LogP contribution in [0.25, 0.3) is 11.1 Å². The number of rotatable bonds is 13. The lowest BCUT2D eigenvalue weighted by Gasteiger charge is -2.09. The summed E-state index contributed by atoms with van der Waals surface area (Å²) in [5.74, 6) is 1.66. The number of hydrogen-bond donors (Lipinski definition) is 0. The van der Waals surface area contributed by atoms with Crippen molar-refractivity contribution in [1.82, 2.24) is 0 Å². The molecule has 0 aliphatic rings. The molecule has 0 spiro atoms. The van der Waals surface area contributed by atoms with Gasteiger partial charge in [0, 0.05) is 0 Å². The van der Waals surface area contributed by atoms with Crippen LogP contribution >= 0.6 is 0 Å². The topological polar surface area (TPSA) is 36.9 Å². The zero-order chi connectivity index (χ0) is 18.5. The number of benzene rings is 2. The zero-order valence-electron chi connectivity index (χ0n) is 15.1. The van der Waals surface area contributed by atoms with Crippen molar-refractivity contribution < 1.29 is 18.9 Å². The highest BCUT2D eigenvalue weighted by Gasteiger charge is 2.01. The van der Waals surface area contributed by atoms with Gasteiger partial charge < -0.3 is 18.9 Å². The summed E-state index contributed by atoms with van der Waals surface area (Å²) in [5, 5.41) is 0. The van der Waals surface area contributed by atoms with Crippen molar-refractivity contribution in [3.05, 3.63) is 73.8 Å². The third-order valence-electron chi connectivity index (χ3n) is 3.51. The summed E-state index contributed by atoms with van der Waals surface area (Å²) in [5.41, 5.74) is 2.25. The van der Waals surface area contributed by atoms with E-state index in [0.29, 0.717) is 39.6 Å². The SMILES string of the molecule is C=CCOCCOc1ccc(-c2ccc(OCCOCC=C)cc2)cc1. The Hall–Kier alpha value is -2.56. The minimum absolute atomic E-state index is 0.524. The normalized spacial score (nSPS) is 10.3. The molecule has 2 rings (SSSR count). The van der Waals surface area contributed by atoms with Crippen molar-refractivity contribution in [3.63, 3.8) is 0 Å². The quantitative estimate of drug-likeness (QED) is 0.392. The third kappa shape index (κ3) is 7.13. The van der Waals surface area contributed by atoms with Gasteiger partial charge in [0.1, 0.15) is 24.7 Å². The maximum Gasteiger partial charge on any atom is 0.119 e. The van der Waals surface area contributed by atoms with E-state index in [1.807, 2.05) is 48.5 Å². The molecule has 2 aromatic carbocycles. The van der Waals surface area contributed by atoms with E-state index in [-0.39, 0.29) is 0 Å². The Labute approximate surface area is 155 Å². The van der Waals surface area contributed by atoms with Crippen molar-refractivity contribution in [2.75, 3.05) is 39.6 Å². The van der Waals surface area contributed by atoms with E-state index in [1.54, 1.807) is 12.2 Å². The summed E-state index contributed by atoms with van der Waals surface area (Å²) in [7, 11) is 0. The predicted molar refractivity (Wildman–Crippen MR) is 105 cm³/mol. The standard InChI is InChI=1S/C22H26O4/c1-3-13-23-15-17-25-21-9-5-19(6-10-21)20-7-11-22(12-8-20)26-18-16-24-14-4-2/h3-12H,1-2,13-18H2. The van der Waals surface area contributed by atoms with Crippen LogP contribution in [0.15, 0.2) is 73.8 Å². The van der Waals surface area contributed by atoms with Gasteiger partial charge in [-0.05, 0) is 35.4 Å². The molecule has 0 radical (unpaired) electrons. The monoisotopic (exact) mass is 354 g/mol. The van der Waals surface area contributed by atoms with Gasteiger partial charge in [0.2, 0.25) is 0 Å². The molecule has 0 aliphatic heterocycles. The molecular formula is C22H26O4. The highest BCUT2D eigenvalue weighted by atomic mass is 16.5. The second-order valence-electron chi connectivity index (χ2n) is 5.47. The molecule has 138 valence electrons. The Morgan fingerprint density at radius 1 is 0.577 bits per heavy atom. The lowest BCUT2D eigenvalue weighted by Crippen LogP contribution is -2.06. The van der Waals surface area contributed by atoms with Gasteiger partial charge in [-0.25, -0.2) is 0 Å². The molecule has 0 bridgehead atoms. The van der Waals surface area contributed by atoms with Crippen LogP contribution in [0.5, 0.6) is 11.5 Å². The van der Waals surface area contributed by atoms with Crippen molar-refractivity contribution in [2.24, 2.45) is 0 Å². The molecule has 0 atom stereocenters. The van der Waals surface area contributed by atoms with Crippen LogP contribution < -0.4 is 9.47 Å². The van der Waals surface area contributed by atoms with Gasteiger partial charge >= 0.3 is 0 Å². The Bertz CT molecular complexity index is 587. The highest BCUT2D eigenvalue weighted by molar-refractivity contribution is 5.64. The van der Waals surface area contributed by atoms with Gasteiger partial charge in [-0.3, -0.25) is 0 Å². The van der Waals surface area contributed by atoms with Gasteiger partial charge in [-0.15, -0.1) is 13.2 Å². The van der Waals surface area contributed by atoms with Crippen molar-refractivity contribution in [1.29, 1.82) is 0 Å². The fraction of sp³-hybridized carbons (Fsp3) is 0.273. The molecule has 0 saturated heterocycles. The largest absolute Gasteiger partial charge is 0.491 e. The van der Waals surface area contributed by atoms with E-state index in [4.69, 9.17) is 18.9 Å². The first-order chi connectivity index (χ1) is 12.8. The van der Waals surface area contributed by atoms with Crippen LogP contribution in [0, 0.1) is 0 Å². The Morgan fingerprint density at radius 3 is 1.31 bits per heavy atom.